The van der Waals surface area contributed by atoms with E-state index in [4.69, 9.17) is 10.5 Å². The SMILES string of the molecule is C=C(C)CC(C)(N)COc1cnc(Br)cc1C(F)(F)F. The number of pyridine rings is 1. The Balaban J connectivity index is 2.91. The van der Waals surface area contributed by atoms with Crippen LogP contribution in [0.3, 0.4) is 0 Å². The minimum absolute atomic E-state index is 0.0632. The van der Waals surface area contributed by atoms with Crippen LogP contribution in [0.1, 0.15) is 25.8 Å². The van der Waals surface area contributed by atoms with E-state index < -0.39 is 17.3 Å². The summed E-state index contributed by atoms with van der Waals surface area (Å²) in [6.45, 7) is 7.16. The molecule has 0 aliphatic rings. The van der Waals surface area contributed by atoms with Crippen LogP contribution < -0.4 is 10.5 Å². The zero-order valence-corrected chi connectivity index (χ0v) is 12.8. The van der Waals surface area contributed by atoms with Crippen molar-refractivity contribution < 1.29 is 17.9 Å². The van der Waals surface area contributed by atoms with E-state index >= 15 is 0 Å². The maximum Gasteiger partial charge on any atom is 0.420 e. The number of aromatic nitrogens is 1. The Morgan fingerprint density at radius 3 is 2.60 bits per heavy atom. The number of nitrogens with zero attached hydrogens (tertiary/aromatic N) is 1. The van der Waals surface area contributed by atoms with E-state index in [9.17, 15) is 13.2 Å². The molecule has 0 aliphatic carbocycles. The van der Waals surface area contributed by atoms with Crippen LogP contribution in [0.25, 0.3) is 0 Å². The van der Waals surface area contributed by atoms with Crippen molar-refractivity contribution in [3.63, 3.8) is 0 Å². The van der Waals surface area contributed by atoms with Gasteiger partial charge in [-0.1, -0.05) is 5.57 Å². The fraction of sp³-hybridized carbons (Fsp3) is 0.462. The van der Waals surface area contributed by atoms with Gasteiger partial charge in [0.15, 0.2) is 0 Å². The van der Waals surface area contributed by atoms with Gasteiger partial charge in [0, 0.05) is 0 Å². The smallest absolute Gasteiger partial charge is 0.420 e. The van der Waals surface area contributed by atoms with Crippen molar-refractivity contribution >= 4 is 15.9 Å². The summed E-state index contributed by atoms with van der Waals surface area (Å²) in [6.07, 6.45) is -3.03. The summed E-state index contributed by atoms with van der Waals surface area (Å²) >= 11 is 2.91. The maximum absolute atomic E-state index is 12.9. The molecule has 0 spiro atoms. The Bertz CT molecular complexity index is 501. The molecule has 0 aliphatic heterocycles. The maximum atomic E-state index is 12.9. The van der Waals surface area contributed by atoms with E-state index in [0.717, 1.165) is 17.8 Å². The Morgan fingerprint density at radius 1 is 1.50 bits per heavy atom. The minimum atomic E-state index is -4.51. The van der Waals surface area contributed by atoms with Crippen molar-refractivity contribution in [1.82, 2.24) is 4.98 Å². The molecule has 1 aromatic rings. The lowest BCUT2D eigenvalue weighted by Crippen LogP contribution is -2.42. The third-order valence-electron chi connectivity index (χ3n) is 2.40. The van der Waals surface area contributed by atoms with Crippen LogP contribution in [0.5, 0.6) is 5.75 Å². The first-order chi connectivity index (χ1) is 9.01. The molecule has 1 unspecified atom stereocenters. The van der Waals surface area contributed by atoms with Crippen LogP contribution in [0.2, 0.25) is 0 Å². The molecule has 1 aromatic heterocycles. The van der Waals surface area contributed by atoms with Crippen LogP contribution in [0, 0.1) is 0 Å². The predicted octanol–water partition coefficient (Wildman–Crippen LogP) is 3.93. The number of nitrogens with two attached hydrogens (primary N) is 1. The van der Waals surface area contributed by atoms with E-state index in [1.54, 1.807) is 13.8 Å². The van der Waals surface area contributed by atoms with E-state index in [1.165, 1.54) is 0 Å². The molecular weight excluding hydrogens is 337 g/mol. The molecule has 20 heavy (non-hydrogen) atoms. The first-order valence-electron chi connectivity index (χ1n) is 5.80. The summed E-state index contributed by atoms with van der Waals surface area (Å²) in [6, 6.07) is 0.877. The zero-order valence-electron chi connectivity index (χ0n) is 11.2. The lowest BCUT2D eigenvalue weighted by Gasteiger charge is -2.25. The van der Waals surface area contributed by atoms with Gasteiger partial charge in [-0.3, -0.25) is 0 Å². The van der Waals surface area contributed by atoms with Crippen LogP contribution in [0.15, 0.2) is 29.0 Å². The van der Waals surface area contributed by atoms with Gasteiger partial charge >= 0.3 is 6.18 Å². The lowest BCUT2D eigenvalue weighted by atomic mass is 9.96. The average molecular weight is 353 g/mol. The molecular formula is C13H16BrF3N2O. The Kier molecular flexibility index (Phi) is 5.21. The Morgan fingerprint density at radius 2 is 2.10 bits per heavy atom. The number of hydrogen-bond donors (Lipinski definition) is 1. The van der Waals surface area contributed by atoms with Gasteiger partial charge in [-0.25, -0.2) is 4.98 Å². The molecule has 0 bridgehead atoms. The van der Waals surface area contributed by atoms with Crippen molar-refractivity contribution in [3.05, 3.63) is 34.6 Å². The molecule has 1 heterocycles. The molecule has 1 rings (SSSR count). The quantitative estimate of drug-likeness (QED) is 0.645. The summed E-state index contributed by atoms with van der Waals surface area (Å²) in [7, 11) is 0. The number of hydrogen-bond acceptors (Lipinski definition) is 3. The summed E-state index contributed by atoms with van der Waals surface area (Å²) in [4.78, 5) is 3.75. The van der Waals surface area contributed by atoms with Crippen molar-refractivity contribution in [1.29, 1.82) is 0 Å². The molecule has 0 amide bonds. The Labute approximate surface area is 124 Å². The second-order valence-electron chi connectivity index (χ2n) is 5.08. The number of ether oxygens (including phenoxy) is 1. The van der Waals surface area contributed by atoms with E-state index in [0.29, 0.717) is 6.42 Å². The number of halogens is 4. The van der Waals surface area contributed by atoms with Crippen LogP contribution in [-0.4, -0.2) is 17.1 Å². The van der Waals surface area contributed by atoms with Crippen molar-refractivity contribution in [2.75, 3.05) is 6.61 Å². The monoisotopic (exact) mass is 352 g/mol. The largest absolute Gasteiger partial charge is 0.489 e. The fourth-order valence-electron chi connectivity index (χ4n) is 1.74. The topological polar surface area (TPSA) is 48.1 Å². The molecule has 0 fully saturated rings. The summed E-state index contributed by atoms with van der Waals surface area (Å²) < 4.78 is 44.0. The third kappa shape index (κ3) is 5.13. The van der Waals surface area contributed by atoms with Crippen LogP contribution in [-0.2, 0) is 6.18 Å². The second kappa shape index (κ2) is 6.13. The highest BCUT2D eigenvalue weighted by atomic mass is 79.9. The molecule has 0 saturated carbocycles. The van der Waals surface area contributed by atoms with Crippen molar-refractivity contribution in [2.24, 2.45) is 5.73 Å². The van der Waals surface area contributed by atoms with Crippen molar-refractivity contribution in [2.45, 2.75) is 32.0 Å². The highest BCUT2D eigenvalue weighted by Crippen LogP contribution is 2.37. The van der Waals surface area contributed by atoms with Gasteiger partial charge < -0.3 is 10.5 Å². The summed E-state index contributed by atoms with van der Waals surface area (Å²) in [5, 5.41) is 0. The molecule has 112 valence electrons. The summed E-state index contributed by atoms with van der Waals surface area (Å²) in [5.41, 5.74) is 5.12. The predicted molar refractivity (Wildman–Crippen MR) is 74.5 cm³/mol. The van der Waals surface area contributed by atoms with Gasteiger partial charge in [-0.2, -0.15) is 13.2 Å². The first kappa shape index (κ1) is 17.0. The lowest BCUT2D eigenvalue weighted by molar-refractivity contribution is -0.139. The molecule has 3 nitrogen and oxygen atoms in total. The minimum Gasteiger partial charge on any atom is -0.489 e. The van der Waals surface area contributed by atoms with E-state index in [-0.39, 0.29) is 17.0 Å². The zero-order chi connectivity index (χ0) is 15.6. The highest BCUT2D eigenvalue weighted by Gasteiger charge is 2.35. The molecule has 0 saturated heterocycles. The van der Waals surface area contributed by atoms with Gasteiger partial charge in [0.2, 0.25) is 0 Å². The number of alkyl halides is 3. The van der Waals surface area contributed by atoms with E-state index in [2.05, 4.69) is 27.5 Å². The van der Waals surface area contributed by atoms with E-state index in [1.807, 2.05) is 0 Å². The average Bonchev–Trinajstić information content (AvgIpc) is 2.24. The standard InChI is InChI=1S/C13H16BrF3N2O/c1-8(2)5-12(3,18)7-20-10-6-19-11(14)4-9(10)13(15,16)17/h4,6H,1,5,7,18H2,2-3H3. The van der Waals surface area contributed by atoms with Crippen molar-refractivity contribution in [3.8, 4) is 5.75 Å². The molecule has 7 heteroatoms. The highest BCUT2D eigenvalue weighted by molar-refractivity contribution is 9.10. The fourth-order valence-corrected chi connectivity index (χ4v) is 2.07. The van der Waals surface area contributed by atoms with Crippen LogP contribution in [0.4, 0.5) is 13.2 Å². The molecule has 2 N–H and O–H groups in total. The van der Waals surface area contributed by atoms with Gasteiger partial charge in [-0.15, -0.1) is 6.58 Å². The van der Waals surface area contributed by atoms with Gasteiger partial charge in [0.25, 0.3) is 0 Å². The first-order valence-corrected chi connectivity index (χ1v) is 6.59. The summed E-state index contributed by atoms with van der Waals surface area (Å²) in [5.74, 6) is -0.334. The molecule has 0 radical (unpaired) electrons. The Hall–Kier alpha value is -1.08. The normalized spacial score (nSPS) is 14.8. The second-order valence-corrected chi connectivity index (χ2v) is 5.89. The van der Waals surface area contributed by atoms with Crippen LogP contribution >= 0.6 is 15.9 Å². The molecule has 0 aromatic carbocycles. The number of rotatable bonds is 5. The van der Waals surface area contributed by atoms with Gasteiger partial charge in [0.1, 0.15) is 22.5 Å². The third-order valence-corrected chi connectivity index (χ3v) is 2.84. The van der Waals surface area contributed by atoms with Gasteiger partial charge in [-0.05, 0) is 42.3 Å². The van der Waals surface area contributed by atoms with Gasteiger partial charge in [0.05, 0.1) is 11.7 Å². The molecule has 1 atom stereocenters.